The van der Waals surface area contributed by atoms with Gasteiger partial charge in [-0.1, -0.05) is 12.1 Å². The number of Topliss-reactive ketones (excluding diaryl/α,β-unsaturated/α-hetero) is 6. The molecule has 0 bridgehead atoms. The largest absolute Gasteiger partial charge is 0.507 e. The third kappa shape index (κ3) is 4.54. The van der Waals surface area contributed by atoms with E-state index in [0.29, 0.717) is 17.0 Å². The molecule has 42 heavy (non-hydrogen) atoms. The quantitative estimate of drug-likeness (QED) is 0.467. The van der Waals surface area contributed by atoms with Gasteiger partial charge in [-0.3, -0.25) is 28.8 Å². The molecule has 0 heterocycles. The van der Waals surface area contributed by atoms with Gasteiger partial charge in [0.2, 0.25) is 0 Å². The van der Waals surface area contributed by atoms with Gasteiger partial charge in [-0.2, -0.15) is 0 Å². The van der Waals surface area contributed by atoms with E-state index in [1.54, 1.807) is 56.4 Å². The number of anilines is 1. The Labute approximate surface area is 242 Å². The molecule has 2 N–H and O–H groups in total. The number of hydrogen-bond donors (Lipinski definition) is 2. The number of aliphatic hydroxyl groups is 1. The van der Waals surface area contributed by atoms with Crippen molar-refractivity contribution in [3.63, 3.8) is 0 Å². The van der Waals surface area contributed by atoms with E-state index in [-0.39, 0.29) is 49.0 Å². The van der Waals surface area contributed by atoms with Crippen molar-refractivity contribution in [2.24, 2.45) is 23.7 Å². The number of methoxy groups -OCH3 is 1. The molecule has 5 atom stereocenters. The number of hydrogen-bond acceptors (Lipinski definition) is 10. The molecule has 220 valence electrons. The highest BCUT2D eigenvalue weighted by molar-refractivity contribution is 6.31. The van der Waals surface area contributed by atoms with Crippen molar-refractivity contribution in [2.45, 2.75) is 44.6 Å². The van der Waals surface area contributed by atoms with Crippen LogP contribution < -0.4 is 9.64 Å². The molecule has 2 aromatic carbocycles. The number of nitrogens with zero attached hydrogens (tertiary/aromatic N) is 1. The highest BCUT2D eigenvalue weighted by Crippen LogP contribution is 2.51. The number of benzene rings is 2. The molecule has 10 nitrogen and oxygen atoms in total. The van der Waals surface area contributed by atoms with Crippen LogP contribution in [0.3, 0.4) is 0 Å². The summed E-state index contributed by atoms with van der Waals surface area (Å²) in [6.07, 6.45) is -0.168. The molecular weight excluding hydrogens is 542 g/mol. The number of carbonyl (C=O) groups is 6. The molecule has 2 saturated carbocycles. The van der Waals surface area contributed by atoms with Gasteiger partial charge in [0.1, 0.15) is 29.0 Å². The first-order chi connectivity index (χ1) is 19.8. The topological polar surface area (TPSA) is 155 Å². The minimum atomic E-state index is -2.63. The number of ether oxygens (including phenoxy) is 1. The standard InChI is InChI=1S/C32H33NO9/c1-15(34)25-24(36)14-19-10-17-12-22-23(33(2)3)13-18(11-20(35)9-16-5-7-21(42-4)8-6-16)28(37)27(22)29(38)26(17)31(40)32(19,41)30(25)39/h5-8,13,17,19,25-26,37,41H,9-12,14H2,1-4H3. The number of carbonyl (C=O) groups excluding carboxylic acids is 6. The third-order valence-corrected chi connectivity index (χ3v) is 9.01. The van der Waals surface area contributed by atoms with Gasteiger partial charge in [-0.15, -0.1) is 0 Å². The molecular formula is C32H33NO9. The fourth-order valence-corrected chi connectivity index (χ4v) is 6.97. The Balaban J connectivity index is 1.51. The molecule has 5 unspecified atom stereocenters. The van der Waals surface area contributed by atoms with Gasteiger partial charge in [0.25, 0.3) is 0 Å². The predicted molar refractivity (Wildman–Crippen MR) is 150 cm³/mol. The number of ketones is 6. The van der Waals surface area contributed by atoms with E-state index in [9.17, 15) is 39.0 Å². The molecule has 0 aromatic heterocycles. The van der Waals surface area contributed by atoms with Gasteiger partial charge in [0.15, 0.2) is 28.7 Å². The van der Waals surface area contributed by atoms with E-state index in [2.05, 4.69) is 0 Å². The van der Waals surface area contributed by atoms with Crippen LogP contribution in [-0.2, 0) is 43.2 Å². The Morgan fingerprint density at radius 1 is 1.02 bits per heavy atom. The number of aromatic hydroxyl groups is 1. The summed E-state index contributed by atoms with van der Waals surface area (Å²) in [5.74, 6) is -9.13. The normalized spacial score (nSPS) is 26.7. The number of phenols is 1. The van der Waals surface area contributed by atoms with E-state index in [4.69, 9.17) is 4.74 Å². The minimum Gasteiger partial charge on any atom is -0.507 e. The van der Waals surface area contributed by atoms with Crippen LogP contribution in [0.2, 0.25) is 0 Å². The number of phenolic OH excluding ortho intramolecular Hbond substituents is 1. The maximum atomic E-state index is 14.0. The van der Waals surface area contributed by atoms with Crippen molar-refractivity contribution in [3.8, 4) is 11.5 Å². The lowest BCUT2D eigenvalue weighted by molar-refractivity contribution is -0.175. The van der Waals surface area contributed by atoms with Gasteiger partial charge in [-0.25, -0.2) is 0 Å². The number of fused-ring (bicyclic) bond motifs is 3. The minimum absolute atomic E-state index is 0.0515. The maximum absolute atomic E-state index is 14.0. The van der Waals surface area contributed by atoms with Crippen LogP contribution in [-0.4, -0.2) is 71.7 Å². The second-order valence-electron chi connectivity index (χ2n) is 11.8. The smallest absolute Gasteiger partial charge is 0.190 e. The summed E-state index contributed by atoms with van der Waals surface area (Å²) in [4.78, 5) is 80.5. The summed E-state index contributed by atoms with van der Waals surface area (Å²) in [6.45, 7) is 1.06. The van der Waals surface area contributed by atoms with Crippen LogP contribution in [0.4, 0.5) is 5.69 Å². The Morgan fingerprint density at radius 2 is 1.69 bits per heavy atom. The van der Waals surface area contributed by atoms with E-state index in [0.717, 1.165) is 12.5 Å². The zero-order valence-corrected chi connectivity index (χ0v) is 23.9. The lowest BCUT2D eigenvalue weighted by atomic mass is 9.53. The summed E-state index contributed by atoms with van der Waals surface area (Å²) in [6, 6.07) is 8.68. The van der Waals surface area contributed by atoms with Crippen molar-refractivity contribution < 1.29 is 43.7 Å². The van der Waals surface area contributed by atoms with Crippen LogP contribution in [0.1, 0.15) is 46.8 Å². The molecule has 0 spiro atoms. The molecule has 3 aliphatic rings. The molecule has 2 fully saturated rings. The van der Waals surface area contributed by atoms with E-state index >= 15 is 0 Å². The van der Waals surface area contributed by atoms with E-state index in [1.165, 1.54) is 0 Å². The van der Waals surface area contributed by atoms with Crippen molar-refractivity contribution in [1.82, 2.24) is 0 Å². The van der Waals surface area contributed by atoms with Gasteiger partial charge >= 0.3 is 0 Å². The summed E-state index contributed by atoms with van der Waals surface area (Å²) in [5.41, 5.74) is -0.665. The van der Waals surface area contributed by atoms with Crippen LogP contribution in [0.15, 0.2) is 30.3 Å². The zero-order chi connectivity index (χ0) is 30.7. The van der Waals surface area contributed by atoms with Crippen LogP contribution in [0.25, 0.3) is 0 Å². The average Bonchev–Trinajstić information content (AvgIpc) is 2.92. The van der Waals surface area contributed by atoms with Gasteiger partial charge < -0.3 is 19.8 Å². The van der Waals surface area contributed by atoms with Gasteiger partial charge in [0, 0.05) is 50.5 Å². The van der Waals surface area contributed by atoms with Gasteiger partial charge in [-0.05, 0) is 55.0 Å². The van der Waals surface area contributed by atoms with Crippen molar-refractivity contribution in [3.05, 3.63) is 52.6 Å². The second-order valence-corrected chi connectivity index (χ2v) is 11.8. The third-order valence-electron chi connectivity index (χ3n) is 9.01. The second kappa shape index (κ2) is 10.6. The SMILES string of the molecule is COc1ccc(CC(=O)Cc2cc(N(C)C)c3c(c2O)C(=O)C2C(=O)C4(O)C(=O)C(C(C)=O)C(=O)CC4CC2C3)cc1. The van der Waals surface area contributed by atoms with Crippen LogP contribution in [0.5, 0.6) is 11.5 Å². The van der Waals surface area contributed by atoms with Crippen LogP contribution in [0, 0.1) is 23.7 Å². The van der Waals surface area contributed by atoms with E-state index in [1.807, 2.05) is 0 Å². The van der Waals surface area contributed by atoms with E-state index < -0.39 is 63.9 Å². The molecule has 0 amide bonds. The Morgan fingerprint density at radius 3 is 2.29 bits per heavy atom. The fraction of sp³-hybridized carbons (Fsp3) is 0.438. The number of rotatable bonds is 7. The molecule has 0 radical (unpaired) electrons. The van der Waals surface area contributed by atoms with Crippen molar-refractivity contribution in [2.75, 3.05) is 26.1 Å². The lowest BCUT2D eigenvalue weighted by Crippen LogP contribution is -2.67. The highest BCUT2D eigenvalue weighted by Gasteiger charge is 2.65. The predicted octanol–water partition coefficient (Wildman–Crippen LogP) is 1.86. The molecule has 0 aliphatic heterocycles. The molecule has 2 aromatic rings. The summed E-state index contributed by atoms with van der Waals surface area (Å²) in [5, 5.41) is 22.8. The zero-order valence-electron chi connectivity index (χ0n) is 23.9. The molecule has 10 heteroatoms. The molecule has 3 aliphatic carbocycles. The summed E-state index contributed by atoms with van der Waals surface area (Å²) >= 11 is 0. The van der Waals surface area contributed by atoms with Gasteiger partial charge in [0.05, 0.1) is 18.6 Å². The lowest BCUT2D eigenvalue weighted by Gasteiger charge is -2.49. The average molecular weight is 576 g/mol. The highest BCUT2D eigenvalue weighted by atomic mass is 16.5. The van der Waals surface area contributed by atoms with Crippen molar-refractivity contribution >= 4 is 40.4 Å². The Bertz CT molecular complexity index is 1540. The maximum Gasteiger partial charge on any atom is 0.190 e. The fourth-order valence-electron chi connectivity index (χ4n) is 6.97. The van der Waals surface area contributed by atoms with Crippen LogP contribution >= 0.6 is 0 Å². The molecule has 5 rings (SSSR count). The summed E-state index contributed by atoms with van der Waals surface area (Å²) in [7, 11) is 5.07. The monoisotopic (exact) mass is 575 g/mol. The Kier molecular flexibility index (Phi) is 7.39. The summed E-state index contributed by atoms with van der Waals surface area (Å²) < 4.78 is 5.15. The molecule has 0 saturated heterocycles. The first-order valence-electron chi connectivity index (χ1n) is 13.9. The first kappa shape index (κ1) is 29.3. The first-order valence-corrected chi connectivity index (χ1v) is 13.9. The van der Waals surface area contributed by atoms with Crippen molar-refractivity contribution in [1.29, 1.82) is 0 Å². The Hall–Kier alpha value is -4.18.